The Morgan fingerprint density at radius 3 is 2.24 bits per heavy atom. The normalized spacial score (nSPS) is 14.5. The molecule has 0 atom stereocenters. The topological polar surface area (TPSA) is 26.3 Å². The fraction of sp³-hybridized carbons (Fsp3) is 0.118. The van der Waals surface area contributed by atoms with Crippen molar-refractivity contribution in [3.05, 3.63) is 65.5 Å². The van der Waals surface area contributed by atoms with Crippen molar-refractivity contribution in [2.24, 2.45) is 0 Å². The van der Waals surface area contributed by atoms with Crippen LogP contribution in [0.2, 0.25) is 0 Å². The Labute approximate surface area is 126 Å². The molecule has 0 spiro atoms. The molecule has 0 fully saturated rings. The van der Waals surface area contributed by atoms with Gasteiger partial charge in [-0.3, -0.25) is 0 Å². The molecule has 0 aromatic heterocycles. The van der Waals surface area contributed by atoms with Crippen LogP contribution in [0.3, 0.4) is 0 Å². The van der Waals surface area contributed by atoms with Gasteiger partial charge in [0.25, 0.3) is 0 Å². The highest BCUT2D eigenvalue weighted by molar-refractivity contribution is 7.98. The second kappa shape index (κ2) is 5.74. The number of hydrogen-bond acceptors (Lipinski definition) is 3. The molecule has 2 aromatic rings. The smallest absolute Gasteiger partial charge is 0.339 e. The first-order valence-corrected chi connectivity index (χ1v) is 7.72. The maximum absolute atomic E-state index is 13.0. The lowest BCUT2D eigenvalue weighted by Crippen LogP contribution is -1.98. The van der Waals surface area contributed by atoms with Gasteiger partial charge in [0.2, 0.25) is 0 Å². The number of ether oxygens (including phenoxy) is 1. The highest BCUT2D eigenvalue weighted by atomic mass is 32.2. The molecule has 0 N–H and O–H groups in total. The summed E-state index contributed by atoms with van der Waals surface area (Å²) < 4.78 is 18.2. The molecule has 2 nitrogen and oxygen atoms in total. The third-order valence-electron chi connectivity index (χ3n) is 3.42. The zero-order valence-electron chi connectivity index (χ0n) is 11.4. The Morgan fingerprint density at radius 2 is 1.62 bits per heavy atom. The number of cyclic esters (lactones) is 1. The van der Waals surface area contributed by atoms with E-state index in [4.69, 9.17) is 4.74 Å². The summed E-state index contributed by atoms with van der Waals surface area (Å²) in [4.78, 5) is 13.1. The molecule has 3 rings (SSSR count). The number of carbonyl (C=O) groups excluding carboxylic acids is 1. The molecule has 0 saturated carbocycles. The van der Waals surface area contributed by atoms with Crippen molar-refractivity contribution in [1.29, 1.82) is 0 Å². The molecule has 0 bridgehead atoms. The molecule has 0 unspecified atom stereocenters. The first-order valence-electron chi connectivity index (χ1n) is 6.49. The van der Waals surface area contributed by atoms with Gasteiger partial charge in [0.1, 0.15) is 12.4 Å². The van der Waals surface area contributed by atoms with E-state index < -0.39 is 0 Å². The Balaban J connectivity index is 2.07. The second-order valence-corrected chi connectivity index (χ2v) is 5.54. The van der Waals surface area contributed by atoms with E-state index in [9.17, 15) is 9.18 Å². The van der Waals surface area contributed by atoms with Crippen molar-refractivity contribution in [3.63, 3.8) is 0 Å². The lowest BCUT2D eigenvalue weighted by atomic mass is 9.97. The van der Waals surface area contributed by atoms with Crippen molar-refractivity contribution in [2.45, 2.75) is 4.90 Å². The lowest BCUT2D eigenvalue weighted by molar-refractivity contribution is -0.133. The first-order chi connectivity index (χ1) is 10.2. The average molecular weight is 300 g/mol. The number of thioether (sulfide) groups is 1. The first kappa shape index (κ1) is 13.9. The SMILES string of the molecule is CSc1ccc(C2=C(c3ccc(F)cc3)C(=O)OC2)cc1. The van der Waals surface area contributed by atoms with Gasteiger partial charge in [-0.2, -0.15) is 0 Å². The molecule has 0 saturated heterocycles. The predicted octanol–water partition coefficient (Wildman–Crippen LogP) is 4.02. The molecule has 0 aliphatic carbocycles. The van der Waals surface area contributed by atoms with E-state index in [1.807, 2.05) is 30.5 Å². The minimum atomic E-state index is -0.356. The fourth-order valence-electron chi connectivity index (χ4n) is 2.33. The number of halogens is 1. The molecule has 4 heteroatoms. The minimum absolute atomic E-state index is 0.254. The maximum atomic E-state index is 13.0. The molecule has 2 aromatic carbocycles. The van der Waals surface area contributed by atoms with Crippen molar-refractivity contribution < 1.29 is 13.9 Å². The minimum Gasteiger partial charge on any atom is -0.457 e. The highest BCUT2D eigenvalue weighted by Gasteiger charge is 2.27. The quantitative estimate of drug-likeness (QED) is 0.633. The van der Waals surface area contributed by atoms with E-state index in [-0.39, 0.29) is 18.4 Å². The molecular formula is C17H13FO2S. The van der Waals surface area contributed by atoms with Crippen LogP contribution in [0.5, 0.6) is 0 Å². The largest absolute Gasteiger partial charge is 0.457 e. The Hall–Kier alpha value is -2.07. The summed E-state index contributed by atoms with van der Waals surface area (Å²) in [6.07, 6.45) is 2.01. The predicted molar refractivity (Wildman–Crippen MR) is 82.4 cm³/mol. The van der Waals surface area contributed by atoms with Crippen LogP contribution in [-0.2, 0) is 9.53 Å². The monoisotopic (exact) mass is 300 g/mol. The number of rotatable bonds is 3. The standard InChI is InChI=1S/C17H13FO2S/c1-21-14-8-4-11(5-9-14)15-10-20-17(19)16(15)12-2-6-13(18)7-3-12/h2-9H,10H2,1H3. The lowest BCUT2D eigenvalue weighted by Gasteiger charge is -2.05. The molecular weight excluding hydrogens is 287 g/mol. The van der Waals surface area contributed by atoms with Gasteiger partial charge in [-0.15, -0.1) is 11.8 Å². The number of hydrogen-bond donors (Lipinski definition) is 0. The highest BCUT2D eigenvalue weighted by Crippen LogP contribution is 2.33. The molecule has 1 aliphatic rings. The van der Waals surface area contributed by atoms with Crippen molar-refractivity contribution in [1.82, 2.24) is 0 Å². The van der Waals surface area contributed by atoms with Crippen LogP contribution in [0.4, 0.5) is 4.39 Å². The van der Waals surface area contributed by atoms with Gasteiger partial charge in [0.05, 0.1) is 5.57 Å². The zero-order chi connectivity index (χ0) is 14.8. The molecule has 1 aliphatic heterocycles. The van der Waals surface area contributed by atoms with Crippen LogP contribution in [0.1, 0.15) is 11.1 Å². The van der Waals surface area contributed by atoms with Crippen LogP contribution in [0.25, 0.3) is 11.1 Å². The molecule has 21 heavy (non-hydrogen) atoms. The van der Waals surface area contributed by atoms with E-state index in [2.05, 4.69) is 0 Å². The average Bonchev–Trinajstić information content (AvgIpc) is 2.90. The van der Waals surface area contributed by atoms with Crippen molar-refractivity contribution in [2.75, 3.05) is 12.9 Å². The van der Waals surface area contributed by atoms with E-state index in [1.165, 1.54) is 12.1 Å². The van der Waals surface area contributed by atoms with Crippen LogP contribution < -0.4 is 0 Å². The number of benzene rings is 2. The van der Waals surface area contributed by atoms with Crippen LogP contribution in [-0.4, -0.2) is 18.8 Å². The summed E-state index contributed by atoms with van der Waals surface area (Å²) in [6, 6.07) is 13.9. The van der Waals surface area contributed by atoms with Gasteiger partial charge in [0.15, 0.2) is 0 Å². The number of esters is 1. The Kier molecular flexibility index (Phi) is 3.80. The Morgan fingerprint density at radius 1 is 1.00 bits per heavy atom. The fourth-order valence-corrected chi connectivity index (χ4v) is 2.74. The molecule has 1 heterocycles. The van der Waals surface area contributed by atoms with Crippen molar-refractivity contribution in [3.8, 4) is 0 Å². The van der Waals surface area contributed by atoms with Gasteiger partial charge in [-0.1, -0.05) is 24.3 Å². The molecule has 106 valence electrons. The van der Waals surface area contributed by atoms with E-state index >= 15 is 0 Å². The summed E-state index contributed by atoms with van der Waals surface area (Å²) in [5, 5.41) is 0. The zero-order valence-corrected chi connectivity index (χ0v) is 12.2. The Bertz CT molecular complexity index is 703. The van der Waals surface area contributed by atoms with Crippen molar-refractivity contribution >= 4 is 28.9 Å². The number of carbonyl (C=O) groups is 1. The summed E-state index contributed by atoms with van der Waals surface area (Å²) in [6.45, 7) is 0.254. The summed E-state index contributed by atoms with van der Waals surface area (Å²) >= 11 is 1.66. The maximum Gasteiger partial charge on any atom is 0.339 e. The van der Waals surface area contributed by atoms with E-state index in [0.717, 1.165) is 16.0 Å². The van der Waals surface area contributed by atoms with Crippen LogP contribution >= 0.6 is 11.8 Å². The van der Waals surface area contributed by atoms with Gasteiger partial charge in [-0.25, -0.2) is 9.18 Å². The third-order valence-corrected chi connectivity index (χ3v) is 4.17. The summed E-state index contributed by atoms with van der Waals surface area (Å²) in [5.74, 6) is -0.679. The molecule has 0 amide bonds. The summed E-state index contributed by atoms with van der Waals surface area (Å²) in [5.41, 5.74) is 3.01. The van der Waals surface area contributed by atoms with Crippen LogP contribution in [0, 0.1) is 5.82 Å². The van der Waals surface area contributed by atoms with E-state index in [1.54, 1.807) is 23.9 Å². The third kappa shape index (κ3) is 2.72. The van der Waals surface area contributed by atoms with Gasteiger partial charge >= 0.3 is 5.97 Å². The van der Waals surface area contributed by atoms with Gasteiger partial charge < -0.3 is 4.74 Å². The summed E-state index contributed by atoms with van der Waals surface area (Å²) in [7, 11) is 0. The van der Waals surface area contributed by atoms with Crippen LogP contribution in [0.15, 0.2) is 53.4 Å². The molecule has 0 radical (unpaired) electrons. The van der Waals surface area contributed by atoms with Gasteiger partial charge in [-0.05, 0) is 41.6 Å². The van der Waals surface area contributed by atoms with Gasteiger partial charge in [0, 0.05) is 10.5 Å². The second-order valence-electron chi connectivity index (χ2n) is 4.67. The van der Waals surface area contributed by atoms with E-state index in [0.29, 0.717) is 11.1 Å².